The number of likely N-dealkylation sites (tertiary alicyclic amines) is 1. The summed E-state index contributed by atoms with van der Waals surface area (Å²) in [5.41, 5.74) is 1.56. The minimum Gasteiger partial charge on any atom is -0.488 e. The molecule has 1 fully saturated rings. The monoisotopic (exact) mass is 357 g/mol. The number of benzene rings is 1. The van der Waals surface area contributed by atoms with Gasteiger partial charge in [0, 0.05) is 42.6 Å². The number of carbonyl (C=O) groups is 1. The summed E-state index contributed by atoms with van der Waals surface area (Å²) in [4.78, 5) is 19.0. The lowest BCUT2D eigenvalue weighted by Gasteiger charge is -2.34. The molecule has 1 amide bonds. The molecule has 0 aliphatic carbocycles. The molecule has 2 aliphatic heterocycles. The Kier molecular flexibility index (Phi) is 4.49. The molecule has 0 N–H and O–H groups in total. The average molecular weight is 358 g/mol. The summed E-state index contributed by atoms with van der Waals surface area (Å²) >= 11 is 6.05. The molecule has 2 aliphatic rings. The van der Waals surface area contributed by atoms with Crippen LogP contribution in [0.15, 0.2) is 42.5 Å². The molecule has 4 rings (SSSR count). The van der Waals surface area contributed by atoms with Crippen molar-refractivity contribution in [2.75, 3.05) is 19.7 Å². The summed E-state index contributed by atoms with van der Waals surface area (Å²) in [6.45, 7) is 2.80. The normalized spacial score (nSPS) is 19.8. The first kappa shape index (κ1) is 16.2. The van der Waals surface area contributed by atoms with Gasteiger partial charge >= 0.3 is 0 Å². The van der Waals surface area contributed by atoms with Gasteiger partial charge in [-0.15, -0.1) is 0 Å². The standard InChI is InChI=1S/C19H20ClN3O2/c20-17-3-4-18-15(9-17)8-16(12-25-18)19(24)23-6-1-2-14(11-23)10-22-7-5-21-13-22/h3-5,7-9,13-14H,1-2,6,10-12H2/t14-/m0/s1. The van der Waals surface area contributed by atoms with Crippen molar-refractivity contribution in [2.45, 2.75) is 19.4 Å². The van der Waals surface area contributed by atoms with Crippen LogP contribution in [0.5, 0.6) is 5.75 Å². The van der Waals surface area contributed by atoms with E-state index in [4.69, 9.17) is 16.3 Å². The van der Waals surface area contributed by atoms with Crippen molar-refractivity contribution >= 4 is 23.6 Å². The van der Waals surface area contributed by atoms with Crippen molar-refractivity contribution in [3.05, 3.63) is 53.1 Å². The van der Waals surface area contributed by atoms with Crippen molar-refractivity contribution < 1.29 is 9.53 Å². The number of imidazole rings is 1. The lowest BCUT2D eigenvalue weighted by Crippen LogP contribution is -2.42. The maximum atomic E-state index is 12.9. The fourth-order valence-corrected chi connectivity index (χ4v) is 3.75. The molecule has 1 saturated heterocycles. The zero-order chi connectivity index (χ0) is 17.2. The van der Waals surface area contributed by atoms with Gasteiger partial charge in [0.25, 0.3) is 5.91 Å². The average Bonchev–Trinajstić information content (AvgIpc) is 3.13. The third kappa shape index (κ3) is 3.56. The number of piperidine rings is 1. The number of nitrogens with zero attached hydrogens (tertiary/aromatic N) is 3. The van der Waals surface area contributed by atoms with Gasteiger partial charge < -0.3 is 14.2 Å². The van der Waals surface area contributed by atoms with E-state index in [2.05, 4.69) is 9.55 Å². The Morgan fingerprint density at radius 2 is 2.32 bits per heavy atom. The van der Waals surface area contributed by atoms with Gasteiger partial charge in [-0.25, -0.2) is 4.98 Å². The Balaban J connectivity index is 1.47. The Morgan fingerprint density at radius 1 is 1.40 bits per heavy atom. The molecule has 130 valence electrons. The van der Waals surface area contributed by atoms with Gasteiger partial charge in [-0.3, -0.25) is 4.79 Å². The SMILES string of the molecule is O=C(C1=Cc2cc(Cl)ccc2OC1)N1CCC[C@@H](Cn2ccnc2)C1. The highest BCUT2D eigenvalue weighted by Gasteiger charge is 2.27. The van der Waals surface area contributed by atoms with E-state index in [0.717, 1.165) is 43.8 Å². The van der Waals surface area contributed by atoms with E-state index >= 15 is 0 Å². The second-order valence-corrected chi connectivity index (χ2v) is 7.10. The number of carbonyl (C=O) groups excluding carboxylic acids is 1. The van der Waals surface area contributed by atoms with E-state index in [0.29, 0.717) is 23.1 Å². The first-order chi connectivity index (χ1) is 12.2. The zero-order valence-electron chi connectivity index (χ0n) is 13.9. The summed E-state index contributed by atoms with van der Waals surface area (Å²) in [7, 11) is 0. The summed E-state index contributed by atoms with van der Waals surface area (Å²) in [5.74, 6) is 1.30. The molecule has 1 aromatic carbocycles. The third-order valence-electron chi connectivity index (χ3n) is 4.79. The maximum absolute atomic E-state index is 12.9. The highest BCUT2D eigenvalue weighted by atomic mass is 35.5. The van der Waals surface area contributed by atoms with Gasteiger partial charge in [-0.05, 0) is 43.0 Å². The molecule has 1 atom stereocenters. The molecule has 0 radical (unpaired) electrons. The molecular formula is C19H20ClN3O2. The van der Waals surface area contributed by atoms with Crippen LogP contribution in [0.25, 0.3) is 6.08 Å². The maximum Gasteiger partial charge on any atom is 0.253 e. The van der Waals surface area contributed by atoms with Crippen molar-refractivity contribution in [2.24, 2.45) is 5.92 Å². The lowest BCUT2D eigenvalue weighted by molar-refractivity contribution is -0.129. The van der Waals surface area contributed by atoms with Crippen molar-refractivity contribution in [3.63, 3.8) is 0 Å². The van der Waals surface area contributed by atoms with E-state index in [1.807, 2.05) is 35.6 Å². The number of fused-ring (bicyclic) bond motifs is 1. The van der Waals surface area contributed by atoms with Crippen LogP contribution in [0, 0.1) is 5.92 Å². The Labute approximate surface area is 151 Å². The predicted molar refractivity (Wildman–Crippen MR) is 96.5 cm³/mol. The predicted octanol–water partition coefficient (Wildman–Crippen LogP) is 3.25. The first-order valence-corrected chi connectivity index (χ1v) is 8.95. The third-order valence-corrected chi connectivity index (χ3v) is 5.03. The fraction of sp³-hybridized carbons (Fsp3) is 0.368. The zero-order valence-corrected chi connectivity index (χ0v) is 14.7. The van der Waals surface area contributed by atoms with Crippen molar-refractivity contribution in [3.8, 4) is 5.75 Å². The summed E-state index contributed by atoms with van der Waals surface area (Å²) in [6.07, 6.45) is 9.67. The van der Waals surface area contributed by atoms with Crippen molar-refractivity contribution in [1.29, 1.82) is 0 Å². The van der Waals surface area contributed by atoms with E-state index in [-0.39, 0.29) is 5.91 Å². The van der Waals surface area contributed by atoms with Gasteiger partial charge in [0.05, 0.1) is 11.9 Å². The van der Waals surface area contributed by atoms with E-state index < -0.39 is 0 Å². The molecule has 0 saturated carbocycles. The van der Waals surface area contributed by atoms with Crippen LogP contribution in [0.2, 0.25) is 5.02 Å². The number of aromatic nitrogens is 2. The molecule has 2 aromatic rings. The number of rotatable bonds is 3. The summed E-state index contributed by atoms with van der Waals surface area (Å²) in [5, 5.41) is 0.644. The quantitative estimate of drug-likeness (QED) is 0.847. The smallest absolute Gasteiger partial charge is 0.253 e. The second kappa shape index (κ2) is 6.92. The molecule has 6 heteroatoms. The van der Waals surface area contributed by atoms with Crippen LogP contribution in [0.3, 0.4) is 0 Å². The van der Waals surface area contributed by atoms with Crippen LogP contribution in [0.4, 0.5) is 0 Å². The molecule has 25 heavy (non-hydrogen) atoms. The van der Waals surface area contributed by atoms with Gasteiger partial charge in [-0.1, -0.05) is 11.6 Å². The molecule has 5 nitrogen and oxygen atoms in total. The van der Waals surface area contributed by atoms with Crippen LogP contribution in [0.1, 0.15) is 18.4 Å². The molecule has 0 bridgehead atoms. The number of hydrogen-bond acceptors (Lipinski definition) is 3. The van der Waals surface area contributed by atoms with Crippen molar-refractivity contribution in [1.82, 2.24) is 14.5 Å². The minimum atomic E-state index is 0.0703. The Morgan fingerprint density at radius 3 is 3.16 bits per heavy atom. The van der Waals surface area contributed by atoms with Crippen LogP contribution in [-0.2, 0) is 11.3 Å². The first-order valence-electron chi connectivity index (χ1n) is 8.57. The van der Waals surface area contributed by atoms with Gasteiger partial charge in [0.2, 0.25) is 0 Å². The molecule has 3 heterocycles. The molecule has 1 aromatic heterocycles. The van der Waals surface area contributed by atoms with Gasteiger partial charge in [0.15, 0.2) is 0 Å². The topological polar surface area (TPSA) is 47.4 Å². The van der Waals surface area contributed by atoms with E-state index in [9.17, 15) is 4.79 Å². The second-order valence-electron chi connectivity index (χ2n) is 6.66. The minimum absolute atomic E-state index is 0.0703. The number of halogens is 1. The fourth-order valence-electron chi connectivity index (χ4n) is 3.57. The Bertz CT molecular complexity index is 801. The largest absolute Gasteiger partial charge is 0.488 e. The number of ether oxygens (including phenoxy) is 1. The van der Waals surface area contributed by atoms with Crippen LogP contribution in [-0.4, -0.2) is 40.1 Å². The van der Waals surface area contributed by atoms with Crippen LogP contribution < -0.4 is 4.74 Å². The van der Waals surface area contributed by atoms with E-state index in [1.54, 1.807) is 12.3 Å². The summed E-state index contributed by atoms with van der Waals surface area (Å²) < 4.78 is 7.81. The van der Waals surface area contributed by atoms with E-state index in [1.165, 1.54) is 0 Å². The molecular weight excluding hydrogens is 338 g/mol. The summed E-state index contributed by atoms with van der Waals surface area (Å²) in [6, 6.07) is 5.48. The number of amides is 1. The van der Waals surface area contributed by atoms with Crippen LogP contribution >= 0.6 is 11.6 Å². The van der Waals surface area contributed by atoms with Gasteiger partial charge in [0.1, 0.15) is 12.4 Å². The molecule has 0 unspecified atom stereocenters. The highest BCUT2D eigenvalue weighted by Crippen LogP contribution is 2.30. The lowest BCUT2D eigenvalue weighted by atomic mass is 9.96. The number of hydrogen-bond donors (Lipinski definition) is 0. The molecule has 0 spiro atoms. The van der Waals surface area contributed by atoms with Gasteiger partial charge in [-0.2, -0.15) is 0 Å². The highest BCUT2D eigenvalue weighted by molar-refractivity contribution is 6.30. The Hall–Kier alpha value is -2.27.